The fourth-order valence-electron chi connectivity index (χ4n) is 2.78. The smallest absolute Gasteiger partial charge is 0.337 e. The molecule has 128 valence electrons. The number of sulfonamides is 1. The molecule has 0 spiro atoms. The molecule has 1 aromatic carbocycles. The van der Waals surface area contributed by atoms with Crippen molar-refractivity contribution in [3.05, 3.63) is 29.8 Å². The van der Waals surface area contributed by atoms with E-state index in [0.29, 0.717) is 12.1 Å². The molecule has 1 atom stereocenters. The van der Waals surface area contributed by atoms with E-state index in [1.807, 2.05) is 0 Å². The van der Waals surface area contributed by atoms with E-state index in [-0.39, 0.29) is 16.4 Å². The fraction of sp³-hybridized carbons (Fsp3) is 0.562. The van der Waals surface area contributed by atoms with Gasteiger partial charge in [0.05, 0.1) is 17.6 Å². The van der Waals surface area contributed by atoms with Crippen LogP contribution in [0.3, 0.4) is 0 Å². The Bertz CT molecular complexity index is 653. The lowest BCUT2D eigenvalue weighted by Crippen LogP contribution is -2.52. The Hall–Kier alpha value is -1.44. The summed E-state index contributed by atoms with van der Waals surface area (Å²) >= 11 is 0. The number of hydrogen-bond acceptors (Lipinski definition) is 5. The molecule has 6 nitrogen and oxygen atoms in total. The molecule has 0 saturated carbocycles. The Morgan fingerprint density at radius 1 is 1.35 bits per heavy atom. The van der Waals surface area contributed by atoms with Gasteiger partial charge < -0.3 is 10.1 Å². The number of ether oxygens (including phenoxy) is 1. The number of methoxy groups -OCH3 is 1. The van der Waals surface area contributed by atoms with Crippen molar-refractivity contribution in [3.63, 3.8) is 0 Å². The van der Waals surface area contributed by atoms with Crippen LogP contribution in [-0.2, 0) is 14.8 Å². The van der Waals surface area contributed by atoms with Crippen LogP contribution in [0.4, 0.5) is 0 Å². The molecule has 1 fully saturated rings. The molecule has 23 heavy (non-hydrogen) atoms. The lowest BCUT2D eigenvalue weighted by atomic mass is 9.78. The average Bonchev–Trinajstić information content (AvgIpc) is 2.53. The lowest BCUT2D eigenvalue weighted by Gasteiger charge is -2.39. The molecular weight excluding hydrogens is 316 g/mol. The molecule has 1 aliphatic heterocycles. The molecule has 1 unspecified atom stereocenters. The van der Waals surface area contributed by atoms with Crippen molar-refractivity contribution in [3.8, 4) is 0 Å². The van der Waals surface area contributed by atoms with Crippen LogP contribution in [0.5, 0.6) is 0 Å². The van der Waals surface area contributed by atoms with Gasteiger partial charge in [0.15, 0.2) is 0 Å². The second-order valence-corrected chi connectivity index (χ2v) is 8.23. The Balaban J connectivity index is 2.05. The number of hydrogen-bond donors (Lipinski definition) is 2. The third-order valence-electron chi connectivity index (χ3n) is 4.40. The van der Waals surface area contributed by atoms with E-state index in [1.54, 1.807) is 0 Å². The second kappa shape index (κ2) is 6.98. The highest BCUT2D eigenvalue weighted by atomic mass is 32.2. The van der Waals surface area contributed by atoms with Gasteiger partial charge in [-0.25, -0.2) is 17.9 Å². The van der Waals surface area contributed by atoms with E-state index < -0.39 is 16.0 Å². The molecule has 2 N–H and O–H groups in total. The predicted octanol–water partition coefficient (Wildman–Crippen LogP) is 1.53. The van der Waals surface area contributed by atoms with Crippen molar-refractivity contribution >= 4 is 16.0 Å². The minimum Gasteiger partial charge on any atom is -0.465 e. The first kappa shape index (κ1) is 17.9. The van der Waals surface area contributed by atoms with Gasteiger partial charge in [-0.05, 0) is 49.1 Å². The van der Waals surface area contributed by atoms with Crippen LogP contribution in [0, 0.1) is 5.41 Å². The van der Waals surface area contributed by atoms with Crippen LogP contribution in [-0.4, -0.2) is 40.6 Å². The summed E-state index contributed by atoms with van der Waals surface area (Å²) in [5, 5.41) is 3.38. The molecule has 0 radical (unpaired) electrons. The summed E-state index contributed by atoms with van der Waals surface area (Å²) in [7, 11) is -2.32. The minimum absolute atomic E-state index is 0.0511. The molecule has 1 saturated heterocycles. The van der Waals surface area contributed by atoms with Crippen LogP contribution in [0.25, 0.3) is 0 Å². The van der Waals surface area contributed by atoms with E-state index >= 15 is 0 Å². The highest BCUT2D eigenvalue weighted by Crippen LogP contribution is 2.29. The van der Waals surface area contributed by atoms with E-state index in [9.17, 15) is 13.2 Å². The molecule has 2 rings (SSSR count). The van der Waals surface area contributed by atoms with E-state index in [1.165, 1.54) is 31.4 Å². The Morgan fingerprint density at radius 3 is 2.57 bits per heavy atom. The van der Waals surface area contributed by atoms with Crippen molar-refractivity contribution in [2.24, 2.45) is 5.41 Å². The molecule has 0 bridgehead atoms. The Kier molecular flexibility index (Phi) is 5.44. The van der Waals surface area contributed by atoms with Gasteiger partial charge in [0, 0.05) is 12.6 Å². The van der Waals surface area contributed by atoms with Gasteiger partial charge in [0.1, 0.15) is 0 Å². The van der Waals surface area contributed by atoms with Gasteiger partial charge in [0.25, 0.3) is 0 Å². The van der Waals surface area contributed by atoms with Gasteiger partial charge in [-0.15, -0.1) is 0 Å². The summed E-state index contributed by atoms with van der Waals surface area (Å²) in [6.07, 6.45) is 2.17. The molecule has 0 aliphatic carbocycles. The minimum atomic E-state index is -3.60. The first-order valence-electron chi connectivity index (χ1n) is 7.68. The molecule has 0 aromatic heterocycles. The van der Waals surface area contributed by atoms with Crippen LogP contribution in [0.15, 0.2) is 29.2 Å². The number of rotatable bonds is 5. The maximum Gasteiger partial charge on any atom is 0.337 e. The standard InChI is InChI=1S/C16H24N2O4S/c1-16(2)9-4-10-17-14(16)11-18-23(20,21)13-7-5-12(6-8-13)15(19)22-3/h5-8,14,17-18H,4,9-11H2,1-3H3. The highest BCUT2D eigenvalue weighted by Gasteiger charge is 2.32. The molecule has 1 heterocycles. The van der Waals surface area contributed by atoms with Gasteiger partial charge in [-0.1, -0.05) is 13.8 Å². The van der Waals surface area contributed by atoms with Crippen molar-refractivity contribution < 1.29 is 17.9 Å². The number of benzene rings is 1. The zero-order valence-electron chi connectivity index (χ0n) is 13.8. The van der Waals surface area contributed by atoms with Crippen LogP contribution in [0.2, 0.25) is 0 Å². The second-order valence-electron chi connectivity index (χ2n) is 6.47. The van der Waals surface area contributed by atoms with E-state index in [0.717, 1.165) is 19.4 Å². The van der Waals surface area contributed by atoms with Gasteiger partial charge in [-0.2, -0.15) is 0 Å². The number of piperidine rings is 1. The van der Waals surface area contributed by atoms with Gasteiger partial charge in [0.2, 0.25) is 10.0 Å². The maximum absolute atomic E-state index is 12.4. The summed E-state index contributed by atoms with van der Waals surface area (Å²) in [6, 6.07) is 5.81. The van der Waals surface area contributed by atoms with Gasteiger partial charge in [-0.3, -0.25) is 0 Å². The zero-order valence-corrected chi connectivity index (χ0v) is 14.6. The van der Waals surface area contributed by atoms with E-state index in [2.05, 4.69) is 28.6 Å². The van der Waals surface area contributed by atoms with Crippen LogP contribution >= 0.6 is 0 Å². The van der Waals surface area contributed by atoms with Crippen LogP contribution in [0.1, 0.15) is 37.0 Å². The first-order valence-corrected chi connectivity index (χ1v) is 9.16. The molecule has 0 amide bonds. The molecule has 1 aliphatic rings. The summed E-state index contributed by atoms with van der Waals surface area (Å²) in [5.74, 6) is -0.491. The van der Waals surface area contributed by atoms with Crippen LogP contribution < -0.4 is 10.0 Å². The summed E-state index contributed by atoms with van der Waals surface area (Å²) in [5.41, 5.74) is 0.372. The molecule has 1 aromatic rings. The van der Waals surface area contributed by atoms with Crippen molar-refractivity contribution in [2.75, 3.05) is 20.2 Å². The third kappa shape index (κ3) is 4.31. The monoisotopic (exact) mass is 340 g/mol. The topological polar surface area (TPSA) is 84.5 Å². The zero-order chi connectivity index (χ0) is 17.1. The third-order valence-corrected chi connectivity index (χ3v) is 5.83. The Morgan fingerprint density at radius 2 is 2.00 bits per heavy atom. The quantitative estimate of drug-likeness (QED) is 0.794. The van der Waals surface area contributed by atoms with Crippen molar-refractivity contribution in [1.82, 2.24) is 10.0 Å². The maximum atomic E-state index is 12.4. The number of carbonyl (C=O) groups excluding carboxylic acids is 1. The lowest BCUT2D eigenvalue weighted by molar-refractivity contribution is 0.0600. The average molecular weight is 340 g/mol. The van der Waals surface area contributed by atoms with E-state index in [4.69, 9.17) is 0 Å². The summed E-state index contributed by atoms with van der Waals surface area (Å²) in [6.45, 7) is 5.53. The highest BCUT2D eigenvalue weighted by molar-refractivity contribution is 7.89. The van der Waals surface area contributed by atoms with Crippen molar-refractivity contribution in [2.45, 2.75) is 37.6 Å². The summed E-state index contributed by atoms with van der Waals surface area (Å²) < 4.78 is 32.0. The SMILES string of the molecule is COC(=O)c1ccc(S(=O)(=O)NCC2NCCCC2(C)C)cc1. The Labute approximate surface area is 137 Å². The fourth-order valence-corrected chi connectivity index (χ4v) is 3.83. The largest absolute Gasteiger partial charge is 0.465 e. The van der Waals surface area contributed by atoms with Crippen molar-refractivity contribution in [1.29, 1.82) is 0 Å². The number of esters is 1. The number of carbonyl (C=O) groups is 1. The summed E-state index contributed by atoms with van der Waals surface area (Å²) in [4.78, 5) is 11.5. The normalized spacial score (nSPS) is 20.9. The first-order chi connectivity index (χ1) is 10.8. The van der Waals surface area contributed by atoms with Gasteiger partial charge >= 0.3 is 5.97 Å². The molecular formula is C16H24N2O4S. The predicted molar refractivity (Wildman–Crippen MR) is 87.8 cm³/mol. The molecule has 7 heteroatoms. The number of nitrogens with one attached hydrogen (secondary N) is 2.